The van der Waals surface area contributed by atoms with Crippen molar-refractivity contribution in [3.8, 4) is 6.07 Å². The lowest BCUT2D eigenvalue weighted by Gasteiger charge is -2.18. The van der Waals surface area contributed by atoms with Gasteiger partial charge in [-0.3, -0.25) is 9.59 Å². The molecule has 5 nitrogen and oxygen atoms in total. The van der Waals surface area contributed by atoms with Crippen LogP contribution in [0.4, 0.5) is 14.5 Å². The largest absolute Gasteiger partial charge is 0.344 e. The number of amides is 2. The van der Waals surface area contributed by atoms with Gasteiger partial charge in [-0.1, -0.05) is 12.1 Å². The number of likely N-dealkylation sites (N-methyl/N-ethyl adjacent to an activating group) is 1. The molecule has 1 aliphatic rings. The highest BCUT2D eigenvalue weighted by Crippen LogP contribution is 2.35. The van der Waals surface area contributed by atoms with Gasteiger partial charge in [-0.15, -0.1) is 0 Å². The van der Waals surface area contributed by atoms with Gasteiger partial charge >= 0.3 is 0 Å². The van der Waals surface area contributed by atoms with Gasteiger partial charge in [0, 0.05) is 19.5 Å². The van der Waals surface area contributed by atoms with Crippen LogP contribution in [0.3, 0.4) is 0 Å². The maximum absolute atomic E-state index is 13.8. The maximum Gasteiger partial charge on any atom is 0.237 e. The average Bonchev–Trinajstić information content (AvgIpc) is 2.89. The number of nitrogens with one attached hydrogen (secondary N) is 1. The lowest BCUT2D eigenvalue weighted by atomic mass is 9.87. The van der Waals surface area contributed by atoms with Crippen molar-refractivity contribution in [3.63, 3.8) is 0 Å². The van der Waals surface area contributed by atoms with Crippen LogP contribution in [0.1, 0.15) is 22.6 Å². The number of hydrogen-bond acceptors (Lipinski definition) is 3. The number of hydrogen-bond donors (Lipinski definition) is 1. The Morgan fingerprint density at radius 1 is 1.30 bits per heavy atom. The molecule has 0 aromatic heterocycles. The van der Waals surface area contributed by atoms with Crippen molar-refractivity contribution in [1.29, 1.82) is 5.26 Å². The molecule has 2 amide bonds. The number of rotatable bonds is 3. The molecule has 27 heavy (non-hydrogen) atoms. The predicted octanol–water partition coefficient (Wildman–Crippen LogP) is 2.96. The number of nitrogens with zero attached hydrogens (tertiary/aromatic N) is 2. The molecule has 2 atom stereocenters. The maximum atomic E-state index is 13.8. The molecule has 7 heteroatoms. The zero-order chi connectivity index (χ0) is 19.7. The van der Waals surface area contributed by atoms with Crippen molar-refractivity contribution in [2.75, 3.05) is 18.9 Å². The number of nitriles is 1. The summed E-state index contributed by atoms with van der Waals surface area (Å²) in [7, 11) is 1.57. The summed E-state index contributed by atoms with van der Waals surface area (Å²) in [6, 6.07) is 9.99. The molecule has 0 saturated carbocycles. The van der Waals surface area contributed by atoms with E-state index >= 15 is 0 Å². The summed E-state index contributed by atoms with van der Waals surface area (Å²) < 4.78 is 27.6. The molecule has 0 spiro atoms. The lowest BCUT2D eigenvalue weighted by molar-refractivity contribution is -0.135. The summed E-state index contributed by atoms with van der Waals surface area (Å²) in [6.45, 7) is 1.99. The van der Waals surface area contributed by atoms with Gasteiger partial charge in [-0.05, 0) is 42.3 Å². The summed E-state index contributed by atoms with van der Waals surface area (Å²) in [6.07, 6.45) is 0. The molecule has 1 N–H and O–H groups in total. The molecule has 2 aromatic rings. The Labute approximate surface area is 155 Å². The van der Waals surface area contributed by atoms with Crippen LogP contribution in [0.15, 0.2) is 36.4 Å². The Morgan fingerprint density at radius 2 is 2.04 bits per heavy atom. The van der Waals surface area contributed by atoms with E-state index in [1.165, 1.54) is 29.2 Å². The summed E-state index contributed by atoms with van der Waals surface area (Å²) in [4.78, 5) is 26.8. The fourth-order valence-corrected chi connectivity index (χ4v) is 3.42. The second kappa shape index (κ2) is 7.16. The van der Waals surface area contributed by atoms with Gasteiger partial charge in [0.1, 0.15) is 29.2 Å². The van der Waals surface area contributed by atoms with E-state index in [4.69, 9.17) is 5.26 Å². The van der Waals surface area contributed by atoms with Crippen LogP contribution in [0, 0.1) is 35.8 Å². The molecule has 1 saturated heterocycles. The molecular formula is C20H17F2N3O2. The second-order valence-corrected chi connectivity index (χ2v) is 6.63. The highest BCUT2D eigenvalue weighted by Gasteiger charge is 2.44. The first-order chi connectivity index (χ1) is 12.8. The van der Waals surface area contributed by atoms with E-state index in [0.717, 1.165) is 6.07 Å². The van der Waals surface area contributed by atoms with E-state index in [9.17, 15) is 18.4 Å². The molecule has 2 aromatic carbocycles. The fraction of sp³-hybridized carbons (Fsp3) is 0.250. The molecule has 1 fully saturated rings. The van der Waals surface area contributed by atoms with Gasteiger partial charge in [0.15, 0.2) is 0 Å². The zero-order valence-electron chi connectivity index (χ0n) is 14.8. The zero-order valence-corrected chi connectivity index (χ0v) is 14.8. The lowest BCUT2D eigenvalue weighted by Crippen LogP contribution is -2.33. The van der Waals surface area contributed by atoms with E-state index in [2.05, 4.69) is 5.32 Å². The molecule has 3 rings (SSSR count). The molecule has 138 valence electrons. The van der Waals surface area contributed by atoms with Crippen molar-refractivity contribution >= 4 is 17.5 Å². The van der Waals surface area contributed by atoms with Crippen molar-refractivity contribution < 1.29 is 18.4 Å². The van der Waals surface area contributed by atoms with Gasteiger partial charge in [0.05, 0.1) is 5.69 Å². The average molecular weight is 369 g/mol. The van der Waals surface area contributed by atoms with E-state index in [1.54, 1.807) is 26.1 Å². The number of likely N-dealkylation sites (tertiary alicyclic amines) is 1. The van der Waals surface area contributed by atoms with Crippen LogP contribution in [0.25, 0.3) is 0 Å². The van der Waals surface area contributed by atoms with Crippen molar-refractivity contribution in [2.24, 2.45) is 5.92 Å². The van der Waals surface area contributed by atoms with E-state index in [1.807, 2.05) is 0 Å². The quantitative estimate of drug-likeness (QED) is 0.846. The van der Waals surface area contributed by atoms with Crippen LogP contribution in [0.5, 0.6) is 0 Å². The molecule has 0 aliphatic carbocycles. The monoisotopic (exact) mass is 369 g/mol. The molecular weight excluding hydrogens is 352 g/mol. The topological polar surface area (TPSA) is 73.2 Å². The van der Waals surface area contributed by atoms with Gasteiger partial charge < -0.3 is 10.2 Å². The van der Waals surface area contributed by atoms with Crippen LogP contribution in [-0.2, 0) is 9.59 Å². The SMILES string of the molecule is Cc1cc(F)cc([C@H]2CN(C)C(=O)[C@@H]2C(=O)Nc2cccc(F)c2C#N)c1. The third-order valence-corrected chi connectivity index (χ3v) is 4.67. The molecule has 0 unspecified atom stereocenters. The van der Waals surface area contributed by atoms with Gasteiger partial charge in [0.2, 0.25) is 11.8 Å². The summed E-state index contributed by atoms with van der Waals surface area (Å²) in [5, 5.41) is 11.6. The standard InChI is InChI=1S/C20H17F2N3O2/c1-11-6-12(8-13(21)7-11)15-10-25(2)20(27)18(15)19(26)24-17-5-3-4-16(22)14(17)9-23/h3-8,15,18H,10H2,1-2H3,(H,24,26)/t15-,18+/m1/s1. The Balaban J connectivity index is 1.95. The number of aryl methyl sites for hydroxylation is 1. The Kier molecular flexibility index (Phi) is 4.91. The van der Waals surface area contributed by atoms with Crippen molar-refractivity contribution in [2.45, 2.75) is 12.8 Å². The summed E-state index contributed by atoms with van der Waals surface area (Å²) in [5.74, 6) is -3.90. The first kappa shape index (κ1) is 18.5. The van der Waals surface area contributed by atoms with Crippen molar-refractivity contribution in [1.82, 2.24) is 4.90 Å². The minimum Gasteiger partial charge on any atom is -0.344 e. The molecule has 1 heterocycles. The van der Waals surface area contributed by atoms with Crippen molar-refractivity contribution in [3.05, 3.63) is 64.7 Å². The van der Waals surface area contributed by atoms with E-state index < -0.39 is 35.3 Å². The van der Waals surface area contributed by atoms with Crippen LogP contribution >= 0.6 is 0 Å². The number of carbonyl (C=O) groups is 2. The van der Waals surface area contributed by atoms with Crippen LogP contribution < -0.4 is 5.32 Å². The van der Waals surface area contributed by atoms with Gasteiger partial charge in [-0.2, -0.15) is 5.26 Å². The molecule has 0 radical (unpaired) electrons. The highest BCUT2D eigenvalue weighted by atomic mass is 19.1. The minimum atomic E-state index is -1.09. The van der Waals surface area contributed by atoms with Gasteiger partial charge in [0.25, 0.3) is 0 Å². The molecule has 0 bridgehead atoms. The Hall–Kier alpha value is -3.27. The fourth-order valence-electron chi connectivity index (χ4n) is 3.42. The Bertz CT molecular complexity index is 948. The Morgan fingerprint density at radius 3 is 2.70 bits per heavy atom. The van der Waals surface area contributed by atoms with Crippen LogP contribution in [0.2, 0.25) is 0 Å². The smallest absolute Gasteiger partial charge is 0.237 e. The van der Waals surface area contributed by atoms with E-state index in [-0.39, 0.29) is 17.8 Å². The summed E-state index contributed by atoms with van der Waals surface area (Å²) >= 11 is 0. The minimum absolute atomic E-state index is 0.000902. The number of anilines is 1. The third-order valence-electron chi connectivity index (χ3n) is 4.67. The third kappa shape index (κ3) is 3.51. The predicted molar refractivity (Wildman–Crippen MR) is 94.7 cm³/mol. The highest BCUT2D eigenvalue weighted by molar-refractivity contribution is 6.08. The number of halogens is 2. The molecule has 1 aliphatic heterocycles. The van der Waals surface area contributed by atoms with Crippen LogP contribution in [-0.4, -0.2) is 30.3 Å². The first-order valence-corrected chi connectivity index (χ1v) is 8.33. The first-order valence-electron chi connectivity index (χ1n) is 8.33. The number of carbonyl (C=O) groups excluding carboxylic acids is 2. The van der Waals surface area contributed by atoms with E-state index in [0.29, 0.717) is 11.1 Å². The number of benzene rings is 2. The normalized spacial score (nSPS) is 19.1. The second-order valence-electron chi connectivity index (χ2n) is 6.63. The summed E-state index contributed by atoms with van der Waals surface area (Å²) in [5.41, 5.74) is 0.926. The van der Waals surface area contributed by atoms with Gasteiger partial charge in [-0.25, -0.2) is 8.78 Å².